The highest BCUT2D eigenvalue weighted by Crippen LogP contribution is 2.27. The molecule has 0 atom stereocenters. The number of aromatic carboxylic acids is 1. The Morgan fingerprint density at radius 2 is 1.56 bits per heavy atom. The molecule has 0 aliphatic heterocycles. The van der Waals surface area contributed by atoms with E-state index >= 15 is 0 Å². The first-order valence-corrected chi connectivity index (χ1v) is 10.6. The fourth-order valence-electron chi connectivity index (χ4n) is 3.38. The van der Waals surface area contributed by atoms with Crippen LogP contribution >= 0.6 is 0 Å². The molecule has 1 N–H and O–H groups in total. The van der Waals surface area contributed by atoms with Crippen LogP contribution in [0.4, 0.5) is 0 Å². The van der Waals surface area contributed by atoms with E-state index < -0.39 is 11.6 Å². The van der Waals surface area contributed by atoms with Gasteiger partial charge in [0.05, 0.1) is 5.56 Å². The fraction of sp³-hybridized carbons (Fsp3) is 0.259. The first-order chi connectivity index (χ1) is 15.2. The number of carboxylic acid groups (broad SMARTS) is 1. The van der Waals surface area contributed by atoms with Gasteiger partial charge in [-0.15, -0.1) is 0 Å². The molecule has 0 fully saturated rings. The lowest BCUT2D eigenvalue weighted by atomic mass is 9.95. The van der Waals surface area contributed by atoms with Crippen LogP contribution in [0.1, 0.15) is 48.7 Å². The Morgan fingerprint density at radius 1 is 0.875 bits per heavy atom. The Morgan fingerprint density at radius 3 is 2.19 bits per heavy atom. The van der Waals surface area contributed by atoms with Gasteiger partial charge in [0.1, 0.15) is 18.0 Å². The van der Waals surface area contributed by atoms with Crippen LogP contribution in [-0.2, 0) is 22.6 Å². The summed E-state index contributed by atoms with van der Waals surface area (Å²) in [6, 6.07) is 22.3. The molecular formula is C27H28O5. The van der Waals surface area contributed by atoms with Crippen LogP contribution in [-0.4, -0.2) is 22.6 Å². The second kappa shape index (κ2) is 10.1. The highest BCUT2D eigenvalue weighted by molar-refractivity contribution is 5.97. The third-order valence-corrected chi connectivity index (χ3v) is 4.80. The van der Waals surface area contributed by atoms with E-state index in [1.807, 2.05) is 87.5 Å². The van der Waals surface area contributed by atoms with Gasteiger partial charge < -0.3 is 14.6 Å². The van der Waals surface area contributed by atoms with E-state index in [0.29, 0.717) is 29.7 Å². The highest BCUT2D eigenvalue weighted by Gasteiger charge is 2.17. The summed E-state index contributed by atoms with van der Waals surface area (Å²) in [5.74, 6) is -0.578. The van der Waals surface area contributed by atoms with Crippen molar-refractivity contribution in [1.29, 1.82) is 0 Å². The number of hydrogen-bond acceptors (Lipinski definition) is 4. The van der Waals surface area contributed by atoms with E-state index in [4.69, 9.17) is 9.47 Å². The number of aryl methyl sites for hydroxylation is 1. The van der Waals surface area contributed by atoms with Gasteiger partial charge >= 0.3 is 11.9 Å². The quantitative estimate of drug-likeness (QED) is 0.448. The summed E-state index contributed by atoms with van der Waals surface area (Å²) in [7, 11) is 0. The van der Waals surface area contributed by atoms with Gasteiger partial charge in [0.15, 0.2) is 0 Å². The SMILES string of the molecule is CC(C)(C)OC(=O)CCc1ccc(OCc2cccc(-c3ccccc3)c2C(=O)O)cc1. The zero-order valence-electron chi connectivity index (χ0n) is 18.6. The summed E-state index contributed by atoms with van der Waals surface area (Å²) in [5, 5.41) is 9.82. The largest absolute Gasteiger partial charge is 0.489 e. The molecule has 0 radical (unpaired) electrons. The molecule has 3 aromatic carbocycles. The van der Waals surface area contributed by atoms with Gasteiger partial charge in [-0.05, 0) is 56.0 Å². The Hall–Kier alpha value is -3.60. The average Bonchev–Trinajstić information content (AvgIpc) is 2.76. The van der Waals surface area contributed by atoms with Crippen molar-refractivity contribution in [3.8, 4) is 16.9 Å². The van der Waals surface area contributed by atoms with Gasteiger partial charge in [0, 0.05) is 12.0 Å². The summed E-state index contributed by atoms with van der Waals surface area (Å²) in [6.07, 6.45) is 0.892. The number of rotatable bonds is 8. The van der Waals surface area contributed by atoms with Crippen molar-refractivity contribution >= 4 is 11.9 Å². The number of esters is 1. The zero-order chi connectivity index (χ0) is 23.1. The molecular weight excluding hydrogens is 404 g/mol. The average molecular weight is 433 g/mol. The molecule has 0 aliphatic carbocycles. The normalized spacial score (nSPS) is 11.1. The van der Waals surface area contributed by atoms with Crippen molar-refractivity contribution < 1.29 is 24.2 Å². The Kier molecular flexibility index (Phi) is 7.31. The molecule has 0 unspecified atom stereocenters. The number of benzene rings is 3. The van der Waals surface area contributed by atoms with Crippen LogP contribution in [0.15, 0.2) is 72.8 Å². The lowest BCUT2D eigenvalue weighted by molar-refractivity contribution is -0.154. The summed E-state index contributed by atoms with van der Waals surface area (Å²) in [4.78, 5) is 23.9. The predicted octanol–water partition coefficient (Wildman–Crippen LogP) is 5.91. The molecule has 166 valence electrons. The maximum Gasteiger partial charge on any atom is 0.336 e. The molecule has 0 aliphatic rings. The van der Waals surface area contributed by atoms with Crippen LogP contribution in [0.5, 0.6) is 5.75 Å². The van der Waals surface area contributed by atoms with Crippen LogP contribution in [0, 0.1) is 0 Å². The van der Waals surface area contributed by atoms with Crippen molar-refractivity contribution in [3.63, 3.8) is 0 Å². The molecule has 0 spiro atoms. The molecule has 0 heterocycles. The smallest absolute Gasteiger partial charge is 0.336 e. The van der Waals surface area contributed by atoms with Crippen molar-refractivity contribution in [2.45, 2.75) is 45.8 Å². The van der Waals surface area contributed by atoms with E-state index in [2.05, 4.69) is 0 Å². The Labute approximate surface area is 188 Å². The molecule has 3 aromatic rings. The summed E-state index contributed by atoms with van der Waals surface area (Å²) >= 11 is 0. The van der Waals surface area contributed by atoms with Crippen molar-refractivity contribution in [3.05, 3.63) is 89.5 Å². The van der Waals surface area contributed by atoms with Crippen molar-refractivity contribution in [1.82, 2.24) is 0 Å². The van der Waals surface area contributed by atoms with Crippen molar-refractivity contribution in [2.75, 3.05) is 0 Å². The first-order valence-electron chi connectivity index (χ1n) is 10.6. The number of hydrogen-bond donors (Lipinski definition) is 1. The summed E-state index contributed by atoms with van der Waals surface area (Å²) in [6.45, 7) is 5.69. The lowest BCUT2D eigenvalue weighted by Crippen LogP contribution is -2.23. The summed E-state index contributed by atoms with van der Waals surface area (Å²) in [5.41, 5.74) is 2.88. The molecule has 5 heteroatoms. The number of carbonyl (C=O) groups is 2. The van der Waals surface area contributed by atoms with Crippen molar-refractivity contribution in [2.24, 2.45) is 0 Å². The third-order valence-electron chi connectivity index (χ3n) is 4.80. The maximum atomic E-state index is 12.0. The predicted molar refractivity (Wildman–Crippen MR) is 124 cm³/mol. The maximum absolute atomic E-state index is 12.0. The van der Waals surface area contributed by atoms with E-state index in [-0.39, 0.29) is 18.1 Å². The van der Waals surface area contributed by atoms with E-state index in [1.54, 1.807) is 6.07 Å². The molecule has 5 nitrogen and oxygen atoms in total. The lowest BCUT2D eigenvalue weighted by Gasteiger charge is -2.19. The summed E-state index contributed by atoms with van der Waals surface area (Å²) < 4.78 is 11.2. The highest BCUT2D eigenvalue weighted by atomic mass is 16.6. The monoisotopic (exact) mass is 432 g/mol. The fourth-order valence-corrected chi connectivity index (χ4v) is 3.38. The van der Waals surface area contributed by atoms with E-state index in [1.165, 1.54) is 0 Å². The number of carboxylic acids is 1. The number of carbonyl (C=O) groups excluding carboxylic acids is 1. The van der Waals surface area contributed by atoms with Gasteiger partial charge in [-0.3, -0.25) is 4.79 Å². The molecule has 0 aromatic heterocycles. The van der Waals surface area contributed by atoms with Crippen LogP contribution < -0.4 is 4.74 Å². The Bertz CT molecular complexity index is 1060. The van der Waals surface area contributed by atoms with Gasteiger partial charge in [0.2, 0.25) is 0 Å². The molecule has 0 saturated heterocycles. The Balaban J connectivity index is 1.66. The molecule has 3 rings (SSSR count). The number of ether oxygens (including phenoxy) is 2. The van der Waals surface area contributed by atoms with Gasteiger partial charge in [0.25, 0.3) is 0 Å². The topological polar surface area (TPSA) is 72.8 Å². The second-order valence-electron chi connectivity index (χ2n) is 8.53. The van der Waals surface area contributed by atoms with E-state index in [9.17, 15) is 14.7 Å². The van der Waals surface area contributed by atoms with E-state index in [0.717, 1.165) is 11.1 Å². The van der Waals surface area contributed by atoms with Crippen LogP contribution in [0.3, 0.4) is 0 Å². The molecule has 32 heavy (non-hydrogen) atoms. The van der Waals surface area contributed by atoms with Gasteiger partial charge in [-0.2, -0.15) is 0 Å². The molecule has 0 saturated carbocycles. The molecule has 0 amide bonds. The standard InChI is InChI=1S/C27H28O5/c1-27(2,3)32-24(28)17-14-19-12-15-22(16-13-19)31-18-21-10-7-11-23(25(21)26(29)30)20-8-5-4-6-9-20/h4-13,15-16H,14,17-18H2,1-3H3,(H,29,30). The zero-order valence-corrected chi connectivity index (χ0v) is 18.6. The minimum atomic E-state index is -0.986. The van der Waals surface area contributed by atoms with Gasteiger partial charge in [-0.1, -0.05) is 60.7 Å². The minimum Gasteiger partial charge on any atom is -0.489 e. The molecule has 0 bridgehead atoms. The van der Waals surface area contributed by atoms with Gasteiger partial charge in [-0.25, -0.2) is 4.79 Å². The minimum absolute atomic E-state index is 0.138. The van der Waals surface area contributed by atoms with Crippen LogP contribution in [0.2, 0.25) is 0 Å². The third kappa shape index (κ3) is 6.45. The second-order valence-corrected chi connectivity index (χ2v) is 8.53. The van der Waals surface area contributed by atoms with Crippen LogP contribution in [0.25, 0.3) is 11.1 Å². The first kappa shape index (κ1) is 23.1.